The van der Waals surface area contributed by atoms with E-state index in [-0.39, 0.29) is 10.9 Å². The Morgan fingerprint density at radius 2 is 1.52 bits per heavy atom. The van der Waals surface area contributed by atoms with E-state index < -0.39 is 0 Å². The first kappa shape index (κ1) is 20.3. The Kier molecular flexibility index (Phi) is 6.03. The second-order valence-electron chi connectivity index (χ2n) is 6.96. The van der Waals surface area contributed by atoms with Gasteiger partial charge in [0.05, 0.1) is 12.0 Å². The lowest BCUT2D eigenvalue weighted by Crippen LogP contribution is -2.06. The third-order valence-electron chi connectivity index (χ3n) is 4.99. The molecule has 5 aromatic rings. The van der Waals surface area contributed by atoms with Crippen LogP contribution in [0.1, 0.15) is 0 Å². The van der Waals surface area contributed by atoms with Gasteiger partial charge >= 0.3 is 0 Å². The summed E-state index contributed by atoms with van der Waals surface area (Å²) >= 11 is 3.61. The highest BCUT2D eigenvalue weighted by atomic mass is 32.2. The molecular weight excluding hydrogens is 436 g/mol. The van der Waals surface area contributed by atoms with Crippen LogP contribution in [0.3, 0.4) is 0 Å². The maximum Gasteiger partial charge on any atom is 0.180 e. The third-order valence-corrected chi connectivity index (χ3v) is 9.37. The molecule has 5 rings (SSSR count). The van der Waals surface area contributed by atoms with Crippen molar-refractivity contribution in [2.24, 2.45) is 0 Å². The molecule has 0 saturated heterocycles. The number of benzene rings is 4. The number of methoxy groups -OCH3 is 1. The molecule has 1 aromatic heterocycles. The van der Waals surface area contributed by atoms with E-state index in [4.69, 9.17) is 4.74 Å². The van der Waals surface area contributed by atoms with Crippen molar-refractivity contribution >= 4 is 44.1 Å². The highest BCUT2D eigenvalue weighted by molar-refractivity contribution is 8.01. The summed E-state index contributed by atoms with van der Waals surface area (Å²) in [5, 5.41) is 3.49. The molecule has 0 amide bonds. The minimum Gasteiger partial charge on any atom is -0.497 e. The molecule has 0 saturated carbocycles. The Bertz CT molecular complexity index is 1290. The standard InChI is InChI=1S/C27H21OS3/c1-28-21-11-13-22(14-12-21)30-26-9-5-6-10-27(26)31(23-7-3-2-4-8-23)24-15-16-25-20(19-24)17-18-29-25/h2-19H,1H3/q+1. The van der Waals surface area contributed by atoms with Crippen LogP contribution in [0.25, 0.3) is 10.1 Å². The van der Waals surface area contributed by atoms with Gasteiger partial charge in [-0.1, -0.05) is 42.1 Å². The summed E-state index contributed by atoms with van der Waals surface area (Å²) < 4.78 is 6.65. The first-order chi connectivity index (χ1) is 15.3. The van der Waals surface area contributed by atoms with Crippen LogP contribution in [-0.4, -0.2) is 7.11 Å². The summed E-state index contributed by atoms with van der Waals surface area (Å²) in [5.74, 6) is 0.880. The molecular formula is C27H21OS3+. The SMILES string of the molecule is COc1ccc(Sc2ccccc2[S+](c2ccccc2)c2ccc3sccc3c2)cc1. The van der Waals surface area contributed by atoms with Crippen molar-refractivity contribution in [1.82, 2.24) is 0 Å². The van der Waals surface area contributed by atoms with Crippen LogP contribution in [0, 0.1) is 0 Å². The van der Waals surface area contributed by atoms with Crippen molar-refractivity contribution in [2.45, 2.75) is 24.5 Å². The lowest BCUT2D eigenvalue weighted by Gasteiger charge is -2.12. The molecule has 0 aliphatic heterocycles. The van der Waals surface area contributed by atoms with Gasteiger partial charge in [0.1, 0.15) is 16.6 Å². The van der Waals surface area contributed by atoms with Crippen LogP contribution in [-0.2, 0) is 10.9 Å². The Morgan fingerprint density at radius 3 is 2.32 bits per heavy atom. The van der Waals surface area contributed by atoms with Crippen LogP contribution in [0.2, 0.25) is 0 Å². The smallest absolute Gasteiger partial charge is 0.180 e. The summed E-state index contributed by atoms with van der Waals surface area (Å²) in [6, 6.07) is 37.1. The first-order valence-electron chi connectivity index (χ1n) is 9.99. The molecule has 0 spiro atoms. The van der Waals surface area contributed by atoms with Gasteiger partial charge in [0, 0.05) is 15.7 Å². The topological polar surface area (TPSA) is 9.23 Å². The Labute approximate surface area is 194 Å². The van der Waals surface area contributed by atoms with E-state index in [0.29, 0.717) is 0 Å². The fourth-order valence-corrected chi connectivity index (χ4v) is 7.62. The summed E-state index contributed by atoms with van der Waals surface area (Å²) in [4.78, 5) is 6.52. The molecule has 152 valence electrons. The molecule has 4 heteroatoms. The molecule has 1 heterocycles. The van der Waals surface area contributed by atoms with Crippen LogP contribution in [0.15, 0.2) is 133 Å². The molecule has 0 N–H and O–H groups in total. The zero-order valence-electron chi connectivity index (χ0n) is 17.0. The maximum atomic E-state index is 5.32. The normalized spacial score (nSPS) is 12.0. The zero-order chi connectivity index (χ0) is 21.0. The molecule has 0 aliphatic rings. The predicted molar refractivity (Wildman–Crippen MR) is 134 cm³/mol. The lowest BCUT2D eigenvalue weighted by molar-refractivity contribution is 0.414. The highest BCUT2D eigenvalue weighted by Gasteiger charge is 2.31. The van der Waals surface area contributed by atoms with E-state index >= 15 is 0 Å². The van der Waals surface area contributed by atoms with Crippen molar-refractivity contribution in [3.05, 3.63) is 109 Å². The minimum absolute atomic E-state index is 0.187. The minimum atomic E-state index is -0.187. The summed E-state index contributed by atoms with van der Waals surface area (Å²) in [6.07, 6.45) is 0. The van der Waals surface area contributed by atoms with Gasteiger partial charge in [-0.15, -0.1) is 11.3 Å². The van der Waals surface area contributed by atoms with Gasteiger partial charge in [0.25, 0.3) is 0 Å². The fourth-order valence-electron chi connectivity index (χ4n) is 3.49. The molecule has 0 fully saturated rings. The lowest BCUT2D eigenvalue weighted by atomic mass is 10.3. The average molecular weight is 458 g/mol. The quantitative estimate of drug-likeness (QED) is 0.238. The average Bonchev–Trinajstić information content (AvgIpc) is 3.30. The van der Waals surface area contributed by atoms with Gasteiger partial charge in [-0.25, -0.2) is 0 Å². The van der Waals surface area contributed by atoms with Gasteiger partial charge < -0.3 is 4.74 Å². The van der Waals surface area contributed by atoms with Gasteiger partial charge in [-0.05, 0) is 77.5 Å². The van der Waals surface area contributed by atoms with Crippen LogP contribution in [0.4, 0.5) is 0 Å². The second kappa shape index (κ2) is 9.23. The van der Waals surface area contributed by atoms with Crippen molar-refractivity contribution < 1.29 is 4.74 Å². The van der Waals surface area contributed by atoms with Crippen molar-refractivity contribution in [3.63, 3.8) is 0 Å². The molecule has 4 aromatic carbocycles. The van der Waals surface area contributed by atoms with E-state index in [2.05, 4.69) is 96.4 Å². The summed E-state index contributed by atoms with van der Waals surface area (Å²) in [6.45, 7) is 0. The van der Waals surface area contributed by atoms with E-state index in [1.807, 2.05) is 23.9 Å². The van der Waals surface area contributed by atoms with Crippen molar-refractivity contribution in [1.29, 1.82) is 0 Å². The number of hydrogen-bond acceptors (Lipinski definition) is 3. The van der Waals surface area contributed by atoms with Crippen molar-refractivity contribution in [3.8, 4) is 5.75 Å². The Hall–Kier alpha value is -2.66. The monoisotopic (exact) mass is 457 g/mol. The fraction of sp³-hybridized carbons (Fsp3) is 0.0370. The van der Waals surface area contributed by atoms with Crippen LogP contribution in [0.5, 0.6) is 5.75 Å². The van der Waals surface area contributed by atoms with E-state index in [1.54, 1.807) is 18.4 Å². The molecule has 0 bridgehead atoms. The van der Waals surface area contributed by atoms with E-state index in [1.165, 1.54) is 34.6 Å². The Morgan fingerprint density at radius 1 is 0.742 bits per heavy atom. The number of thiophene rings is 1. The Balaban J connectivity index is 1.61. The van der Waals surface area contributed by atoms with Crippen LogP contribution >= 0.6 is 23.1 Å². The molecule has 0 radical (unpaired) electrons. The predicted octanol–water partition coefficient (Wildman–Crippen LogP) is 8.16. The molecule has 1 unspecified atom stereocenters. The summed E-state index contributed by atoms with van der Waals surface area (Å²) in [5.41, 5.74) is 0. The van der Waals surface area contributed by atoms with Gasteiger partial charge in [0.15, 0.2) is 14.7 Å². The van der Waals surface area contributed by atoms with Gasteiger partial charge in [-0.3, -0.25) is 0 Å². The molecule has 0 aliphatic carbocycles. The van der Waals surface area contributed by atoms with Gasteiger partial charge in [0.2, 0.25) is 0 Å². The van der Waals surface area contributed by atoms with Crippen molar-refractivity contribution in [2.75, 3.05) is 7.11 Å². The number of hydrogen-bond donors (Lipinski definition) is 0. The molecule has 31 heavy (non-hydrogen) atoms. The number of ether oxygens (including phenoxy) is 1. The van der Waals surface area contributed by atoms with Crippen LogP contribution < -0.4 is 4.74 Å². The van der Waals surface area contributed by atoms with E-state index in [0.717, 1.165) is 5.75 Å². The first-order valence-corrected chi connectivity index (χ1v) is 12.9. The third kappa shape index (κ3) is 4.38. The number of fused-ring (bicyclic) bond motifs is 1. The zero-order valence-corrected chi connectivity index (χ0v) is 19.5. The molecule has 1 atom stereocenters. The largest absolute Gasteiger partial charge is 0.497 e. The maximum absolute atomic E-state index is 5.32. The molecule has 1 nitrogen and oxygen atoms in total. The highest BCUT2D eigenvalue weighted by Crippen LogP contribution is 2.40. The van der Waals surface area contributed by atoms with E-state index in [9.17, 15) is 0 Å². The van der Waals surface area contributed by atoms with Gasteiger partial charge in [-0.2, -0.15) is 0 Å². The second-order valence-corrected chi connectivity index (χ2v) is 11.0. The summed E-state index contributed by atoms with van der Waals surface area (Å²) in [7, 11) is 1.51. The number of rotatable bonds is 6.